The topological polar surface area (TPSA) is 90.8 Å². The molecule has 38 heavy (non-hydrogen) atoms. The van der Waals surface area contributed by atoms with Crippen LogP contribution in [0, 0.1) is 5.92 Å². The van der Waals surface area contributed by atoms with E-state index in [1.807, 2.05) is 23.8 Å². The molecule has 1 aliphatic heterocycles. The van der Waals surface area contributed by atoms with Gasteiger partial charge in [0, 0.05) is 37.3 Å². The molecule has 5 rings (SSSR count). The first kappa shape index (κ1) is 26.0. The number of ether oxygens (including phenoxy) is 1. The van der Waals surface area contributed by atoms with Crippen molar-refractivity contribution in [3.63, 3.8) is 0 Å². The largest absolute Gasteiger partial charge is 0.492 e. The molecule has 4 aromatic rings. The van der Waals surface area contributed by atoms with Crippen molar-refractivity contribution in [2.45, 2.75) is 45.6 Å². The number of rotatable bonds is 9. The number of anilines is 1. The zero-order valence-electron chi connectivity index (χ0n) is 23.1. The highest BCUT2D eigenvalue weighted by Gasteiger charge is 2.36. The average Bonchev–Trinajstić information content (AvgIpc) is 3.44. The molecule has 0 atom stereocenters. The standard InChI is InChI=1S/C29H39N7O2/c1-6-38-23-16-24(27-25-17-30-32-28(25)33-36(27)18-23)21-7-9-22(10-8-21)35-13-11-29(12-14-35,19-34(4)5)31-26(37)15-20(2)3/h7-10,16-18,20H,6,11-15,19H2,1-5H3,(H,31,37)(H,32,33). The molecule has 0 bridgehead atoms. The Labute approximate surface area is 224 Å². The highest BCUT2D eigenvalue weighted by Crippen LogP contribution is 2.35. The lowest BCUT2D eigenvalue weighted by atomic mass is 9.86. The summed E-state index contributed by atoms with van der Waals surface area (Å²) in [5.74, 6) is 1.30. The number of likely N-dealkylation sites (N-methyl/N-ethyl adjacent to an activating group) is 1. The molecule has 1 amide bonds. The lowest BCUT2D eigenvalue weighted by molar-refractivity contribution is -0.124. The van der Waals surface area contributed by atoms with Gasteiger partial charge in [-0.1, -0.05) is 26.0 Å². The van der Waals surface area contributed by atoms with E-state index in [1.165, 1.54) is 5.69 Å². The number of piperidine rings is 1. The smallest absolute Gasteiger partial charge is 0.220 e. The van der Waals surface area contributed by atoms with Gasteiger partial charge in [-0.15, -0.1) is 5.10 Å². The van der Waals surface area contributed by atoms with Crippen molar-refractivity contribution in [2.75, 3.05) is 45.2 Å². The molecule has 0 saturated carbocycles. The second-order valence-corrected chi connectivity index (χ2v) is 11.1. The molecule has 1 fully saturated rings. The van der Waals surface area contributed by atoms with Gasteiger partial charge in [0.05, 0.1) is 35.4 Å². The number of amides is 1. The van der Waals surface area contributed by atoms with Crippen LogP contribution in [-0.2, 0) is 4.79 Å². The van der Waals surface area contributed by atoms with Crippen LogP contribution in [0.2, 0.25) is 0 Å². The van der Waals surface area contributed by atoms with E-state index in [0.29, 0.717) is 18.9 Å². The zero-order chi connectivity index (χ0) is 26.9. The maximum atomic E-state index is 12.7. The molecule has 1 saturated heterocycles. The summed E-state index contributed by atoms with van der Waals surface area (Å²) in [5, 5.41) is 16.2. The van der Waals surface area contributed by atoms with E-state index >= 15 is 0 Å². The van der Waals surface area contributed by atoms with E-state index in [2.05, 4.69) is 88.7 Å². The van der Waals surface area contributed by atoms with Crippen LogP contribution in [0.15, 0.2) is 42.7 Å². The van der Waals surface area contributed by atoms with Gasteiger partial charge >= 0.3 is 0 Å². The van der Waals surface area contributed by atoms with Crippen LogP contribution in [0.5, 0.6) is 5.75 Å². The van der Waals surface area contributed by atoms with Crippen LogP contribution in [0.3, 0.4) is 0 Å². The Morgan fingerprint density at radius 2 is 1.95 bits per heavy atom. The van der Waals surface area contributed by atoms with Gasteiger partial charge in [0.15, 0.2) is 5.65 Å². The van der Waals surface area contributed by atoms with E-state index in [-0.39, 0.29) is 11.4 Å². The van der Waals surface area contributed by atoms with Crippen LogP contribution in [0.4, 0.5) is 5.69 Å². The maximum absolute atomic E-state index is 12.7. The highest BCUT2D eigenvalue weighted by molar-refractivity contribution is 6.01. The van der Waals surface area contributed by atoms with Crippen molar-refractivity contribution < 1.29 is 9.53 Å². The second-order valence-electron chi connectivity index (χ2n) is 11.1. The number of carbonyl (C=O) groups is 1. The number of benzene rings is 1. The molecular weight excluding hydrogens is 478 g/mol. The number of pyridine rings is 1. The Morgan fingerprint density at radius 1 is 1.21 bits per heavy atom. The summed E-state index contributed by atoms with van der Waals surface area (Å²) in [6, 6.07) is 10.8. The van der Waals surface area contributed by atoms with Crippen molar-refractivity contribution in [2.24, 2.45) is 5.92 Å². The van der Waals surface area contributed by atoms with Crippen LogP contribution in [-0.4, -0.2) is 76.5 Å². The third-order valence-corrected chi connectivity index (χ3v) is 7.29. The maximum Gasteiger partial charge on any atom is 0.220 e. The number of fused-ring (bicyclic) bond motifs is 3. The van der Waals surface area contributed by atoms with E-state index in [0.717, 1.165) is 65.9 Å². The lowest BCUT2D eigenvalue weighted by Crippen LogP contribution is -2.60. The minimum atomic E-state index is -0.185. The summed E-state index contributed by atoms with van der Waals surface area (Å²) >= 11 is 0. The summed E-state index contributed by atoms with van der Waals surface area (Å²) in [4.78, 5) is 17.3. The molecule has 0 radical (unpaired) electrons. The van der Waals surface area contributed by atoms with Gasteiger partial charge in [-0.3, -0.25) is 9.89 Å². The number of aromatic nitrogens is 4. The van der Waals surface area contributed by atoms with Crippen LogP contribution < -0.4 is 15.0 Å². The SMILES string of the molecule is CCOc1cc(-c2ccc(N3CCC(CN(C)C)(NC(=O)CC(C)C)CC3)cc2)c2c3cn[nH]c3nn2c1. The monoisotopic (exact) mass is 517 g/mol. The van der Waals surface area contributed by atoms with Crippen molar-refractivity contribution in [3.8, 4) is 16.9 Å². The molecule has 0 unspecified atom stereocenters. The van der Waals surface area contributed by atoms with Crippen LogP contribution in [0.1, 0.15) is 40.0 Å². The van der Waals surface area contributed by atoms with Crippen LogP contribution in [0.25, 0.3) is 27.7 Å². The predicted octanol–water partition coefficient (Wildman–Crippen LogP) is 4.34. The fraction of sp³-hybridized carbons (Fsp3) is 0.483. The summed E-state index contributed by atoms with van der Waals surface area (Å²) in [5.41, 5.74) is 4.93. The number of nitrogens with zero attached hydrogens (tertiary/aromatic N) is 5. The van der Waals surface area contributed by atoms with E-state index in [1.54, 1.807) is 0 Å². The third-order valence-electron chi connectivity index (χ3n) is 7.29. The molecule has 1 aromatic carbocycles. The Hall–Kier alpha value is -3.59. The first-order chi connectivity index (χ1) is 18.3. The molecule has 9 nitrogen and oxygen atoms in total. The van der Waals surface area contributed by atoms with E-state index < -0.39 is 0 Å². The van der Waals surface area contributed by atoms with Crippen molar-refractivity contribution in [1.29, 1.82) is 0 Å². The number of carbonyl (C=O) groups excluding carboxylic acids is 1. The lowest BCUT2D eigenvalue weighted by Gasteiger charge is -2.44. The molecule has 0 spiro atoms. The number of H-pyrrole nitrogens is 1. The van der Waals surface area contributed by atoms with E-state index in [4.69, 9.17) is 4.74 Å². The van der Waals surface area contributed by atoms with Gasteiger partial charge in [-0.2, -0.15) is 5.10 Å². The van der Waals surface area contributed by atoms with Gasteiger partial charge in [-0.25, -0.2) is 4.52 Å². The summed E-state index contributed by atoms with van der Waals surface area (Å²) in [6.45, 7) is 9.41. The van der Waals surface area contributed by atoms with Gasteiger partial charge in [0.2, 0.25) is 5.91 Å². The van der Waals surface area contributed by atoms with Gasteiger partial charge in [-0.05, 0) is 63.5 Å². The van der Waals surface area contributed by atoms with Gasteiger partial charge in [0.1, 0.15) is 5.75 Å². The fourth-order valence-corrected chi connectivity index (χ4v) is 5.70. The first-order valence-corrected chi connectivity index (χ1v) is 13.6. The number of hydrogen-bond acceptors (Lipinski definition) is 6. The Balaban J connectivity index is 1.37. The molecule has 0 aliphatic carbocycles. The molecule has 2 N–H and O–H groups in total. The normalized spacial score (nSPS) is 15.6. The minimum Gasteiger partial charge on any atom is -0.492 e. The van der Waals surface area contributed by atoms with Crippen LogP contribution >= 0.6 is 0 Å². The fourth-order valence-electron chi connectivity index (χ4n) is 5.70. The summed E-state index contributed by atoms with van der Waals surface area (Å²) in [7, 11) is 4.16. The molecule has 202 valence electrons. The zero-order valence-corrected chi connectivity index (χ0v) is 23.1. The summed E-state index contributed by atoms with van der Waals surface area (Å²) < 4.78 is 7.71. The van der Waals surface area contributed by atoms with Gasteiger partial charge < -0.3 is 19.9 Å². The average molecular weight is 518 g/mol. The number of nitrogens with one attached hydrogen (secondary N) is 2. The quantitative estimate of drug-likeness (QED) is 0.343. The Bertz CT molecular complexity index is 1400. The Kier molecular flexibility index (Phi) is 7.29. The number of aromatic amines is 1. The molecule has 1 aliphatic rings. The predicted molar refractivity (Wildman–Crippen MR) is 152 cm³/mol. The highest BCUT2D eigenvalue weighted by atomic mass is 16.5. The van der Waals surface area contributed by atoms with Crippen molar-refractivity contribution >= 4 is 28.1 Å². The van der Waals surface area contributed by atoms with E-state index in [9.17, 15) is 4.79 Å². The second kappa shape index (κ2) is 10.6. The number of hydrogen-bond donors (Lipinski definition) is 2. The first-order valence-electron chi connectivity index (χ1n) is 13.6. The summed E-state index contributed by atoms with van der Waals surface area (Å²) in [6.07, 6.45) is 6.15. The van der Waals surface area contributed by atoms with Gasteiger partial charge in [0.25, 0.3) is 0 Å². The van der Waals surface area contributed by atoms with Crippen molar-refractivity contribution in [1.82, 2.24) is 30.0 Å². The molecule has 3 aromatic heterocycles. The molecule has 4 heterocycles. The minimum absolute atomic E-state index is 0.159. The third kappa shape index (κ3) is 5.34. The Morgan fingerprint density at radius 3 is 2.61 bits per heavy atom. The van der Waals surface area contributed by atoms with Crippen molar-refractivity contribution in [3.05, 3.63) is 42.7 Å². The molecule has 9 heteroatoms. The molecular formula is C29H39N7O2.